The predicted octanol–water partition coefficient (Wildman–Crippen LogP) is 5.31. The number of ether oxygens (including phenoxy) is 2. The van der Waals surface area contributed by atoms with Gasteiger partial charge >= 0.3 is 0 Å². The first-order valence-electron chi connectivity index (χ1n) is 9.08. The van der Waals surface area contributed by atoms with Crippen molar-refractivity contribution in [3.8, 4) is 22.6 Å². The molecule has 2 aromatic carbocycles. The normalized spacial score (nSPS) is 17.0. The van der Waals surface area contributed by atoms with Gasteiger partial charge in [-0.25, -0.2) is 4.39 Å². The molecule has 2 aromatic rings. The van der Waals surface area contributed by atoms with Gasteiger partial charge in [-0.15, -0.1) is 12.6 Å². The van der Waals surface area contributed by atoms with Crippen molar-refractivity contribution in [1.29, 1.82) is 0 Å². The molecule has 0 bridgehead atoms. The Bertz CT molecular complexity index is 843. The molecule has 1 spiro atoms. The van der Waals surface area contributed by atoms with Crippen LogP contribution >= 0.6 is 12.6 Å². The van der Waals surface area contributed by atoms with Gasteiger partial charge in [0.15, 0.2) is 16.6 Å². The van der Waals surface area contributed by atoms with Crippen LogP contribution in [-0.4, -0.2) is 10.9 Å². The standard InChI is InChI=1S/C21H21FO3S/c22-17-13-15(10-9-14(17)5-3-8-19(23)26)16-6-4-7-18-20(16)25-21(24-18)11-1-2-12-21/h4,6-7,9-10,13H,1-3,5,8,11-12H2,(H,23,26). The largest absolute Gasteiger partial charge is 0.448 e. The zero-order valence-corrected chi connectivity index (χ0v) is 15.4. The highest BCUT2D eigenvalue weighted by Crippen LogP contribution is 2.50. The summed E-state index contributed by atoms with van der Waals surface area (Å²) in [6, 6.07) is 11.0. The molecule has 136 valence electrons. The van der Waals surface area contributed by atoms with E-state index in [2.05, 4.69) is 12.6 Å². The lowest BCUT2D eigenvalue weighted by molar-refractivity contribution is -0.110. The molecule has 0 saturated heterocycles. The smallest absolute Gasteiger partial charge is 0.251 e. The number of benzene rings is 2. The lowest BCUT2D eigenvalue weighted by Gasteiger charge is -2.21. The van der Waals surface area contributed by atoms with Crippen LogP contribution in [0.1, 0.15) is 44.1 Å². The first-order valence-corrected chi connectivity index (χ1v) is 9.53. The van der Waals surface area contributed by atoms with Gasteiger partial charge in [0.05, 0.1) is 0 Å². The van der Waals surface area contributed by atoms with E-state index in [9.17, 15) is 9.18 Å². The summed E-state index contributed by atoms with van der Waals surface area (Å²) in [6.07, 6.45) is 5.44. The van der Waals surface area contributed by atoms with E-state index in [1.807, 2.05) is 24.3 Å². The topological polar surface area (TPSA) is 35.5 Å². The minimum Gasteiger partial charge on any atom is -0.448 e. The number of carbonyl (C=O) groups is 1. The average Bonchev–Trinajstić information content (AvgIpc) is 3.21. The highest BCUT2D eigenvalue weighted by Gasteiger charge is 2.44. The molecule has 4 rings (SSSR count). The molecule has 1 heterocycles. The van der Waals surface area contributed by atoms with E-state index in [0.717, 1.165) is 42.6 Å². The van der Waals surface area contributed by atoms with Gasteiger partial charge in [0.1, 0.15) is 5.82 Å². The zero-order chi connectivity index (χ0) is 18.1. The monoisotopic (exact) mass is 372 g/mol. The molecule has 26 heavy (non-hydrogen) atoms. The Morgan fingerprint density at radius 3 is 2.69 bits per heavy atom. The minimum absolute atomic E-state index is 0.167. The van der Waals surface area contributed by atoms with E-state index in [1.165, 1.54) is 6.07 Å². The molecule has 0 amide bonds. The molecule has 1 aliphatic heterocycles. The predicted molar refractivity (Wildman–Crippen MR) is 101 cm³/mol. The maximum atomic E-state index is 14.5. The summed E-state index contributed by atoms with van der Waals surface area (Å²) in [4.78, 5) is 10.9. The molecule has 0 radical (unpaired) electrons. The van der Waals surface area contributed by atoms with Crippen molar-refractivity contribution in [3.63, 3.8) is 0 Å². The van der Waals surface area contributed by atoms with Crippen molar-refractivity contribution in [2.24, 2.45) is 0 Å². The van der Waals surface area contributed by atoms with Crippen LogP contribution in [0.15, 0.2) is 36.4 Å². The summed E-state index contributed by atoms with van der Waals surface area (Å²) in [7, 11) is 0. The average molecular weight is 372 g/mol. The fourth-order valence-corrected chi connectivity index (χ4v) is 3.96. The SMILES string of the molecule is O=C(S)CCCc1ccc(-c2cccc3c2OC2(CCCC2)O3)cc1F. The summed E-state index contributed by atoms with van der Waals surface area (Å²) < 4.78 is 26.8. The number of carbonyl (C=O) groups excluding carboxylic acids is 1. The van der Waals surface area contributed by atoms with Gasteiger partial charge in [0.25, 0.3) is 5.79 Å². The van der Waals surface area contributed by atoms with Crippen LogP contribution in [0.25, 0.3) is 11.1 Å². The van der Waals surface area contributed by atoms with E-state index in [4.69, 9.17) is 9.47 Å². The summed E-state index contributed by atoms with van der Waals surface area (Å²) in [5, 5.41) is -0.167. The lowest BCUT2D eigenvalue weighted by Crippen LogP contribution is -2.34. The molecular formula is C21H21FO3S. The summed E-state index contributed by atoms with van der Waals surface area (Å²) in [5.41, 5.74) is 2.23. The maximum absolute atomic E-state index is 14.5. The number of fused-ring (bicyclic) bond motifs is 1. The Labute approximate surface area is 157 Å². The number of thiol groups is 1. The van der Waals surface area contributed by atoms with Crippen LogP contribution in [0.4, 0.5) is 4.39 Å². The molecular weight excluding hydrogens is 351 g/mol. The lowest BCUT2D eigenvalue weighted by atomic mass is 10.00. The van der Waals surface area contributed by atoms with Gasteiger partial charge in [-0.3, -0.25) is 4.79 Å². The van der Waals surface area contributed by atoms with E-state index in [1.54, 1.807) is 6.07 Å². The Morgan fingerprint density at radius 2 is 1.96 bits per heavy atom. The third kappa shape index (κ3) is 3.32. The second-order valence-corrected chi connectivity index (χ2v) is 7.51. The van der Waals surface area contributed by atoms with Crippen molar-refractivity contribution in [2.45, 2.75) is 50.7 Å². The van der Waals surface area contributed by atoms with Gasteiger partial charge in [-0.1, -0.05) is 24.3 Å². The molecule has 0 atom stereocenters. The van der Waals surface area contributed by atoms with E-state index in [-0.39, 0.29) is 10.9 Å². The number of hydrogen-bond acceptors (Lipinski definition) is 3. The Hall–Kier alpha value is -2.01. The van der Waals surface area contributed by atoms with Crippen LogP contribution in [0, 0.1) is 5.82 Å². The van der Waals surface area contributed by atoms with Crippen LogP contribution < -0.4 is 9.47 Å². The summed E-state index contributed by atoms with van der Waals surface area (Å²) in [5.74, 6) is 0.653. The van der Waals surface area contributed by atoms with Crippen molar-refractivity contribution in [1.82, 2.24) is 0 Å². The second kappa shape index (κ2) is 6.95. The highest BCUT2D eigenvalue weighted by molar-refractivity contribution is 7.96. The fourth-order valence-electron chi connectivity index (χ4n) is 3.80. The number of rotatable bonds is 5. The zero-order valence-electron chi connectivity index (χ0n) is 14.5. The second-order valence-electron chi connectivity index (χ2n) is 7.01. The Kier molecular flexibility index (Phi) is 4.65. The molecule has 1 saturated carbocycles. The highest BCUT2D eigenvalue weighted by atomic mass is 32.1. The molecule has 0 unspecified atom stereocenters. The first-order chi connectivity index (χ1) is 12.6. The van der Waals surface area contributed by atoms with Gasteiger partial charge in [-0.05, 0) is 48.9 Å². The fraction of sp³-hybridized carbons (Fsp3) is 0.381. The van der Waals surface area contributed by atoms with Crippen molar-refractivity contribution in [3.05, 3.63) is 47.8 Å². The molecule has 2 aliphatic rings. The summed E-state index contributed by atoms with van der Waals surface area (Å²) >= 11 is 3.75. The molecule has 0 N–H and O–H groups in total. The van der Waals surface area contributed by atoms with E-state index >= 15 is 0 Å². The molecule has 1 fully saturated rings. The maximum Gasteiger partial charge on any atom is 0.251 e. The minimum atomic E-state index is -0.531. The number of hydrogen-bond donors (Lipinski definition) is 1. The van der Waals surface area contributed by atoms with Crippen LogP contribution in [-0.2, 0) is 11.2 Å². The number of aryl methyl sites for hydroxylation is 1. The van der Waals surface area contributed by atoms with Crippen LogP contribution in [0.3, 0.4) is 0 Å². The van der Waals surface area contributed by atoms with Crippen LogP contribution in [0.2, 0.25) is 0 Å². The van der Waals surface area contributed by atoms with Gasteiger partial charge in [-0.2, -0.15) is 0 Å². The number of para-hydroxylation sites is 1. The van der Waals surface area contributed by atoms with Crippen LogP contribution in [0.5, 0.6) is 11.5 Å². The summed E-state index contributed by atoms with van der Waals surface area (Å²) in [6.45, 7) is 0. The van der Waals surface area contributed by atoms with Gasteiger partial charge in [0.2, 0.25) is 0 Å². The number of halogens is 1. The first kappa shape index (κ1) is 17.4. The van der Waals surface area contributed by atoms with E-state index in [0.29, 0.717) is 30.6 Å². The molecule has 0 aromatic heterocycles. The third-order valence-electron chi connectivity index (χ3n) is 5.13. The molecule has 1 aliphatic carbocycles. The van der Waals surface area contributed by atoms with Gasteiger partial charge in [0, 0.05) is 24.8 Å². The van der Waals surface area contributed by atoms with Crippen molar-refractivity contribution in [2.75, 3.05) is 0 Å². The van der Waals surface area contributed by atoms with Crippen molar-refractivity contribution < 1.29 is 18.7 Å². The van der Waals surface area contributed by atoms with Crippen molar-refractivity contribution >= 4 is 17.7 Å². The molecule has 5 heteroatoms. The third-order valence-corrected chi connectivity index (χ3v) is 5.35. The Balaban J connectivity index is 1.59. The Morgan fingerprint density at radius 1 is 1.15 bits per heavy atom. The quantitative estimate of drug-likeness (QED) is 0.722. The van der Waals surface area contributed by atoms with Gasteiger partial charge < -0.3 is 9.47 Å². The molecule has 3 nitrogen and oxygen atoms in total. The van der Waals surface area contributed by atoms with E-state index < -0.39 is 5.79 Å².